The lowest BCUT2D eigenvalue weighted by atomic mass is 9.82. The molecule has 0 fully saturated rings. The van der Waals surface area contributed by atoms with Crippen LogP contribution >= 0.6 is 15.9 Å². The van der Waals surface area contributed by atoms with Crippen molar-refractivity contribution in [2.45, 2.75) is 18.1 Å². The van der Waals surface area contributed by atoms with Gasteiger partial charge in [-0.15, -0.1) is 0 Å². The van der Waals surface area contributed by atoms with Crippen LogP contribution in [0.25, 0.3) is 0 Å². The number of halogens is 4. The highest BCUT2D eigenvalue weighted by Gasteiger charge is 2.50. The van der Waals surface area contributed by atoms with Crippen molar-refractivity contribution in [3.63, 3.8) is 0 Å². The maximum atomic E-state index is 12.5. The Morgan fingerprint density at radius 2 is 2.19 bits per heavy atom. The van der Waals surface area contributed by atoms with Gasteiger partial charge in [0.25, 0.3) is 0 Å². The Morgan fingerprint density at radius 1 is 1.41 bits per heavy atom. The summed E-state index contributed by atoms with van der Waals surface area (Å²) in [5.41, 5.74) is 11.6. The van der Waals surface area contributed by atoms with Crippen LogP contribution in [0.2, 0.25) is 0 Å². The highest BCUT2D eigenvalue weighted by atomic mass is 79.9. The summed E-state index contributed by atoms with van der Waals surface area (Å²) in [6, 6.07) is 7.27. The molecule has 6 nitrogen and oxygen atoms in total. The molecule has 1 unspecified atom stereocenters. The predicted molar refractivity (Wildman–Crippen MR) is 103 cm³/mol. The first-order chi connectivity index (χ1) is 12.8. The molecule has 4 N–H and O–H groups in total. The van der Waals surface area contributed by atoms with Crippen LogP contribution in [-0.2, 0) is 5.54 Å². The number of amidine groups is 1. The first kappa shape index (κ1) is 19.4. The van der Waals surface area contributed by atoms with E-state index >= 15 is 0 Å². The lowest BCUT2D eigenvalue weighted by Crippen LogP contribution is -2.47. The zero-order valence-electron chi connectivity index (χ0n) is 14.2. The van der Waals surface area contributed by atoms with Gasteiger partial charge in [0.1, 0.15) is 12.4 Å². The molecule has 1 atom stereocenters. The van der Waals surface area contributed by atoms with Crippen molar-refractivity contribution in [3.05, 3.63) is 46.1 Å². The Labute approximate surface area is 162 Å². The van der Waals surface area contributed by atoms with Crippen molar-refractivity contribution >= 4 is 33.9 Å². The van der Waals surface area contributed by atoms with E-state index in [0.29, 0.717) is 24.5 Å². The third-order valence-corrected chi connectivity index (χ3v) is 4.77. The standard InChI is InChI=1S/C17H18BrF3N6/c18-13-4-1-3-11(7-13)17(12(8-22)9-24-10-16(19,20)21)14-25-5-2-6-27(14)15(23)26-17/h1,3-4,7-9H,2,5-6,10,22H2,(H2,23,26). The van der Waals surface area contributed by atoms with Gasteiger partial charge in [-0.25, -0.2) is 4.99 Å². The molecule has 0 aliphatic carbocycles. The molecule has 1 aromatic rings. The average molecular weight is 443 g/mol. The van der Waals surface area contributed by atoms with Crippen molar-refractivity contribution in [1.82, 2.24) is 4.90 Å². The lowest BCUT2D eigenvalue weighted by Gasteiger charge is -2.33. The average Bonchev–Trinajstić information content (AvgIpc) is 2.92. The summed E-state index contributed by atoms with van der Waals surface area (Å²) in [6.45, 7) is -0.113. The maximum Gasteiger partial charge on any atom is 0.407 e. The van der Waals surface area contributed by atoms with Crippen LogP contribution in [0, 0.1) is 0 Å². The smallest absolute Gasteiger partial charge is 0.404 e. The van der Waals surface area contributed by atoms with Gasteiger partial charge in [-0.2, -0.15) is 13.2 Å². The van der Waals surface area contributed by atoms with Crippen molar-refractivity contribution in [3.8, 4) is 0 Å². The summed E-state index contributed by atoms with van der Waals surface area (Å²) in [7, 11) is 0. The molecular formula is C17H18BrF3N6. The van der Waals surface area contributed by atoms with E-state index in [0.717, 1.165) is 17.1 Å². The van der Waals surface area contributed by atoms with E-state index < -0.39 is 18.3 Å². The van der Waals surface area contributed by atoms with Gasteiger partial charge < -0.3 is 11.5 Å². The number of nitrogens with two attached hydrogens (primary N) is 2. The number of hydrogen-bond acceptors (Lipinski definition) is 6. The fraction of sp³-hybridized carbons (Fsp3) is 0.353. The number of nitrogens with zero attached hydrogens (tertiary/aromatic N) is 4. The number of fused-ring (bicyclic) bond motifs is 1. The molecule has 2 aliphatic heterocycles. The second-order valence-electron chi connectivity index (χ2n) is 6.11. The van der Waals surface area contributed by atoms with Gasteiger partial charge >= 0.3 is 6.18 Å². The van der Waals surface area contributed by atoms with Crippen molar-refractivity contribution < 1.29 is 13.2 Å². The summed E-state index contributed by atoms with van der Waals surface area (Å²) in [4.78, 5) is 14.5. The minimum Gasteiger partial charge on any atom is -0.404 e. The highest BCUT2D eigenvalue weighted by Crippen LogP contribution is 2.41. The molecule has 0 aromatic heterocycles. The first-order valence-corrected chi connectivity index (χ1v) is 9.00. The molecule has 0 amide bonds. The first-order valence-electron chi connectivity index (χ1n) is 8.21. The fourth-order valence-corrected chi connectivity index (χ4v) is 3.59. The fourth-order valence-electron chi connectivity index (χ4n) is 3.19. The highest BCUT2D eigenvalue weighted by molar-refractivity contribution is 9.10. The number of hydrogen-bond donors (Lipinski definition) is 2. The van der Waals surface area contributed by atoms with Crippen LogP contribution in [0.5, 0.6) is 0 Å². The summed E-state index contributed by atoms with van der Waals surface area (Å²) in [6.07, 6.45) is -1.30. The van der Waals surface area contributed by atoms with Gasteiger partial charge in [0.15, 0.2) is 11.5 Å². The Morgan fingerprint density at radius 3 is 2.85 bits per heavy atom. The van der Waals surface area contributed by atoms with Gasteiger partial charge in [0, 0.05) is 35.5 Å². The Kier molecular flexibility index (Phi) is 5.27. The van der Waals surface area contributed by atoms with E-state index in [-0.39, 0.29) is 11.5 Å². The van der Waals surface area contributed by atoms with Gasteiger partial charge in [0.2, 0.25) is 0 Å². The molecule has 10 heteroatoms. The number of rotatable bonds is 4. The zero-order valence-corrected chi connectivity index (χ0v) is 15.8. The van der Waals surface area contributed by atoms with Crippen LogP contribution in [0.15, 0.2) is 55.5 Å². The third-order valence-electron chi connectivity index (χ3n) is 4.28. The van der Waals surface area contributed by atoms with Crippen molar-refractivity contribution in [1.29, 1.82) is 0 Å². The van der Waals surface area contributed by atoms with Crippen molar-refractivity contribution in [2.75, 3.05) is 19.6 Å². The van der Waals surface area contributed by atoms with Crippen LogP contribution < -0.4 is 11.5 Å². The van der Waals surface area contributed by atoms with E-state index in [1.54, 1.807) is 11.0 Å². The monoisotopic (exact) mass is 442 g/mol. The topological polar surface area (TPSA) is 92.4 Å². The Hall–Kier alpha value is -2.36. The molecule has 27 heavy (non-hydrogen) atoms. The van der Waals surface area contributed by atoms with Gasteiger partial charge in [-0.05, 0) is 24.1 Å². The Balaban J connectivity index is 2.16. The van der Waals surface area contributed by atoms with Gasteiger partial charge in [-0.1, -0.05) is 28.1 Å². The van der Waals surface area contributed by atoms with Crippen LogP contribution in [-0.4, -0.2) is 48.7 Å². The molecule has 0 spiro atoms. The second-order valence-corrected chi connectivity index (χ2v) is 7.02. The van der Waals surface area contributed by atoms with E-state index in [2.05, 4.69) is 30.9 Å². The van der Waals surface area contributed by atoms with Crippen molar-refractivity contribution in [2.24, 2.45) is 26.4 Å². The molecule has 0 radical (unpaired) electrons. The summed E-state index contributed by atoms with van der Waals surface area (Å²) in [5.74, 6) is 0.788. The minimum atomic E-state index is -4.41. The van der Waals surface area contributed by atoms with Gasteiger partial charge in [0.05, 0.1) is 0 Å². The summed E-state index contributed by atoms with van der Waals surface area (Å²) >= 11 is 3.42. The van der Waals surface area contributed by atoms with E-state index in [1.165, 1.54) is 6.20 Å². The molecular weight excluding hydrogens is 425 g/mol. The van der Waals surface area contributed by atoms with E-state index in [4.69, 9.17) is 11.5 Å². The predicted octanol–water partition coefficient (Wildman–Crippen LogP) is 2.55. The largest absolute Gasteiger partial charge is 0.407 e. The number of benzene rings is 1. The second kappa shape index (κ2) is 7.34. The Bertz CT molecular complexity index is 845. The molecule has 2 heterocycles. The number of guanidine groups is 1. The summed E-state index contributed by atoms with van der Waals surface area (Å²) < 4.78 is 38.4. The third kappa shape index (κ3) is 3.71. The van der Waals surface area contributed by atoms with E-state index in [9.17, 15) is 13.2 Å². The van der Waals surface area contributed by atoms with E-state index in [1.807, 2.05) is 18.2 Å². The molecule has 0 saturated carbocycles. The minimum absolute atomic E-state index is 0.247. The molecule has 0 bridgehead atoms. The molecule has 0 saturated heterocycles. The van der Waals surface area contributed by atoms with Gasteiger partial charge in [-0.3, -0.25) is 14.9 Å². The van der Waals surface area contributed by atoms with Crippen LogP contribution in [0.3, 0.4) is 0 Å². The zero-order chi connectivity index (χ0) is 19.7. The normalized spacial score (nSPS) is 23.4. The SMILES string of the molecule is NC=C(C=NCC(F)(F)F)C1(c2cccc(Br)c2)N=C(N)N2CCCN=C21. The van der Waals surface area contributed by atoms with Crippen LogP contribution in [0.4, 0.5) is 13.2 Å². The summed E-state index contributed by atoms with van der Waals surface area (Å²) in [5, 5.41) is 0. The molecule has 1 aromatic carbocycles. The number of alkyl halides is 3. The molecule has 3 rings (SSSR count). The molecule has 2 aliphatic rings. The van der Waals surface area contributed by atoms with Crippen LogP contribution in [0.1, 0.15) is 12.0 Å². The molecule has 144 valence electrons. The maximum absolute atomic E-state index is 12.5. The quantitative estimate of drug-likeness (QED) is 0.701. The lowest BCUT2D eigenvalue weighted by molar-refractivity contribution is -0.118. The number of aliphatic imine (C=N–C) groups is 3.